The maximum atomic E-state index is 12.6. The maximum absolute atomic E-state index is 12.6. The molecule has 3 aromatic rings. The minimum atomic E-state index is -3.71. The highest BCUT2D eigenvalue weighted by Gasteiger charge is 2.15. The lowest BCUT2D eigenvalue weighted by molar-refractivity contribution is 0.601. The van der Waals surface area contributed by atoms with E-state index in [0.717, 1.165) is 11.1 Å². The van der Waals surface area contributed by atoms with Crippen LogP contribution >= 0.6 is 0 Å². The van der Waals surface area contributed by atoms with Crippen molar-refractivity contribution in [2.45, 2.75) is 25.7 Å². The van der Waals surface area contributed by atoms with Crippen molar-refractivity contribution < 1.29 is 8.42 Å². The summed E-state index contributed by atoms with van der Waals surface area (Å²) in [7, 11) is -3.71. The molecular formula is C19H19N3O3S. The van der Waals surface area contributed by atoms with Gasteiger partial charge in [-0.1, -0.05) is 18.2 Å². The van der Waals surface area contributed by atoms with Crippen LogP contribution in [0.4, 0.5) is 5.69 Å². The summed E-state index contributed by atoms with van der Waals surface area (Å²) >= 11 is 0. The fourth-order valence-corrected chi connectivity index (χ4v) is 3.68. The van der Waals surface area contributed by atoms with Crippen LogP contribution in [0, 0.1) is 20.8 Å². The van der Waals surface area contributed by atoms with E-state index in [0.29, 0.717) is 22.8 Å². The first-order valence-electron chi connectivity index (χ1n) is 8.03. The molecule has 0 aliphatic carbocycles. The van der Waals surface area contributed by atoms with E-state index in [1.54, 1.807) is 49.4 Å². The average Bonchev–Trinajstić information content (AvgIpc) is 2.56. The highest BCUT2D eigenvalue weighted by molar-refractivity contribution is 7.92. The minimum Gasteiger partial charge on any atom is -0.307 e. The Morgan fingerprint density at radius 3 is 2.42 bits per heavy atom. The summed E-state index contributed by atoms with van der Waals surface area (Å²) in [5.74, 6) is 0.391. The van der Waals surface area contributed by atoms with Gasteiger partial charge in [0.1, 0.15) is 5.82 Å². The van der Waals surface area contributed by atoms with E-state index in [9.17, 15) is 13.2 Å². The molecule has 0 bridgehead atoms. The molecule has 1 aromatic heterocycles. The van der Waals surface area contributed by atoms with Gasteiger partial charge in [-0.15, -0.1) is 0 Å². The Hall–Kier alpha value is -2.93. The molecule has 26 heavy (non-hydrogen) atoms. The first-order chi connectivity index (χ1) is 12.2. The Balaban J connectivity index is 1.95. The number of anilines is 1. The second-order valence-corrected chi connectivity index (χ2v) is 7.85. The monoisotopic (exact) mass is 369 g/mol. The number of hydrogen-bond acceptors (Lipinski definition) is 4. The predicted molar refractivity (Wildman–Crippen MR) is 102 cm³/mol. The van der Waals surface area contributed by atoms with Crippen LogP contribution in [0.15, 0.2) is 58.2 Å². The van der Waals surface area contributed by atoms with E-state index in [-0.39, 0.29) is 10.5 Å². The molecule has 0 spiro atoms. The largest absolute Gasteiger partial charge is 0.307 e. The van der Waals surface area contributed by atoms with Gasteiger partial charge in [0, 0.05) is 23.0 Å². The van der Waals surface area contributed by atoms with E-state index < -0.39 is 10.0 Å². The molecule has 0 radical (unpaired) electrons. The molecule has 2 N–H and O–H groups in total. The summed E-state index contributed by atoms with van der Waals surface area (Å²) in [6.07, 6.45) is 0. The van der Waals surface area contributed by atoms with Crippen molar-refractivity contribution in [2.75, 3.05) is 4.72 Å². The van der Waals surface area contributed by atoms with Gasteiger partial charge in [0.25, 0.3) is 15.6 Å². The van der Waals surface area contributed by atoms with Crippen molar-refractivity contribution in [2.24, 2.45) is 0 Å². The summed E-state index contributed by atoms with van der Waals surface area (Å²) in [5, 5.41) is 0. The summed E-state index contributed by atoms with van der Waals surface area (Å²) in [5.41, 5.74) is 3.28. The zero-order valence-corrected chi connectivity index (χ0v) is 15.5. The van der Waals surface area contributed by atoms with Crippen LogP contribution in [0.25, 0.3) is 11.4 Å². The van der Waals surface area contributed by atoms with Crippen LogP contribution in [0.5, 0.6) is 0 Å². The number of aryl methyl sites for hydroxylation is 3. The third-order valence-corrected chi connectivity index (χ3v) is 5.43. The molecule has 2 aromatic carbocycles. The number of nitrogens with one attached hydrogen (secondary N) is 2. The summed E-state index contributed by atoms with van der Waals surface area (Å²) in [4.78, 5) is 18.8. The molecule has 0 fully saturated rings. The molecule has 0 aliphatic heterocycles. The van der Waals surface area contributed by atoms with Crippen molar-refractivity contribution in [1.82, 2.24) is 9.97 Å². The van der Waals surface area contributed by atoms with Crippen molar-refractivity contribution in [3.05, 3.63) is 75.7 Å². The molecular weight excluding hydrogens is 350 g/mol. The molecule has 0 unspecified atom stereocenters. The Bertz CT molecular complexity index is 1130. The van der Waals surface area contributed by atoms with Gasteiger partial charge < -0.3 is 4.98 Å². The van der Waals surface area contributed by atoms with Crippen LogP contribution in [0.2, 0.25) is 0 Å². The van der Waals surface area contributed by atoms with Gasteiger partial charge in [0.15, 0.2) is 0 Å². The SMILES string of the molecule is Cc1cc(=O)[nH]c(-c2cccc(NS(=O)(=O)c3ccc(C)c(C)c3)c2)n1. The van der Waals surface area contributed by atoms with Gasteiger partial charge in [-0.2, -0.15) is 0 Å². The Kier molecular flexibility index (Phi) is 4.65. The van der Waals surface area contributed by atoms with E-state index in [1.165, 1.54) is 6.07 Å². The molecule has 0 aliphatic rings. The third kappa shape index (κ3) is 3.83. The molecule has 134 valence electrons. The van der Waals surface area contributed by atoms with Crippen molar-refractivity contribution in [3.63, 3.8) is 0 Å². The number of benzene rings is 2. The first-order valence-corrected chi connectivity index (χ1v) is 9.51. The number of aromatic nitrogens is 2. The van der Waals surface area contributed by atoms with Gasteiger partial charge in [-0.25, -0.2) is 13.4 Å². The number of H-pyrrole nitrogens is 1. The van der Waals surface area contributed by atoms with E-state index in [4.69, 9.17) is 0 Å². The summed E-state index contributed by atoms with van der Waals surface area (Å²) < 4.78 is 27.8. The number of nitrogens with zero attached hydrogens (tertiary/aromatic N) is 1. The van der Waals surface area contributed by atoms with Gasteiger partial charge >= 0.3 is 0 Å². The topological polar surface area (TPSA) is 91.9 Å². The Labute approximate surface area is 152 Å². The van der Waals surface area contributed by atoms with Gasteiger partial charge in [0.05, 0.1) is 4.90 Å². The van der Waals surface area contributed by atoms with Crippen LogP contribution in [-0.4, -0.2) is 18.4 Å². The highest BCUT2D eigenvalue weighted by Crippen LogP contribution is 2.22. The first kappa shape index (κ1) is 17.9. The lowest BCUT2D eigenvalue weighted by atomic mass is 10.1. The minimum absolute atomic E-state index is 0.202. The quantitative estimate of drug-likeness (QED) is 0.739. The molecule has 0 amide bonds. The van der Waals surface area contributed by atoms with Crippen LogP contribution in [-0.2, 0) is 10.0 Å². The smallest absolute Gasteiger partial charge is 0.261 e. The molecule has 3 rings (SSSR count). The number of sulfonamides is 1. The van der Waals surface area contributed by atoms with Crippen LogP contribution in [0.3, 0.4) is 0 Å². The summed E-state index contributed by atoms with van der Waals surface area (Å²) in [6.45, 7) is 5.53. The second kappa shape index (κ2) is 6.76. The molecule has 6 nitrogen and oxygen atoms in total. The number of aromatic amines is 1. The molecule has 0 atom stereocenters. The molecule has 0 saturated carbocycles. The Morgan fingerprint density at radius 2 is 1.73 bits per heavy atom. The van der Waals surface area contributed by atoms with Crippen molar-refractivity contribution in [1.29, 1.82) is 0 Å². The van der Waals surface area contributed by atoms with Gasteiger partial charge in [0.2, 0.25) is 0 Å². The molecule has 1 heterocycles. The standard InChI is InChI=1S/C19H19N3O3S/c1-12-7-8-17(9-13(12)2)26(24,25)22-16-6-4-5-15(11-16)19-20-14(3)10-18(23)21-19/h4-11,22H,1-3H3,(H,20,21,23). The highest BCUT2D eigenvalue weighted by atomic mass is 32.2. The fourth-order valence-electron chi connectivity index (χ4n) is 2.54. The lowest BCUT2D eigenvalue weighted by Crippen LogP contribution is -2.13. The predicted octanol–water partition coefficient (Wildman–Crippen LogP) is 3.16. The Morgan fingerprint density at radius 1 is 0.962 bits per heavy atom. The maximum Gasteiger partial charge on any atom is 0.261 e. The van der Waals surface area contributed by atoms with E-state index in [2.05, 4.69) is 14.7 Å². The fraction of sp³-hybridized carbons (Fsp3) is 0.158. The summed E-state index contributed by atoms with van der Waals surface area (Å²) in [6, 6.07) is 13.1. The van der Waals surface area contributed by atoms with E-state index in [1.807, 2.05) is 13.8 Å². The average molecular weight is 369 g/mol. The van der Waals surface area contributed by atoms with Crippen LogP contribution in [0.1, 0.15) is 16.8 Å². The van der Waals surface area contributed by atoms with Gasteiger partial charge in [-0.3, -0.25) is 9.52 Å². The van der Waals surface area contributed by atoms with Crippen molar-refractivity contribution >= 4 is 15.7 Å². The van der Waals surface area contributed by atoms with E-state index >= 15 is 0 Å². The normalized spacial score (nSPS) is 11.3. The third-order valence-electron chi connectivity index (χ3n) is 4.05. The molecule has 0 saturated heterocycles. The number of hydrogen-bond donors (Lipinski definition) is 2. The molecule has 7 heteroatoms. The van der Waals surface area contributed by atoms with Gasteiger partial charge in [-0.05, 0) is 56.2 Å². The van der Waals surface area contributed by atoms with Crippen LogP contribution < -0.4 is 10.3 Å². The van der Waals surface area contributed by atoms with Crippen molar-refractivity contribution in [3.8, 4) is 11.4 Å². The second-order valence-electron chi connectivity index (χ2n) is 6.17. The zero-order chi connectivity index (χ0) is 18.9. The lowest BCUT2D eigenvalue weighted by Gasteiger charge is -2.11. The zero-order valence-electron chi connectivity index (χ0n) is 14.7. The number of rotatable bonds is 4.